The van der Waals surface area contributed by atoms with Crippen LogP contribution in [0.3, 0.4) is 0 Å². The summed E-state index contributed by atoms with van der Waals surface area (Å²) in [6.07, 6.45) is 3.97. The molecule has 0 radical (unpaired) electrons. The number of benzene rings is 1. The summed E-state index contributed by atoms with van der Waals surface area (Å²) < 4.78 is 22.4. The highest BCUT2D eigenvalue weighted by molar-refractivity contribution is 8.13. The van der Waals surface area contributed by atoms with Crippen LogP contribution in [0.1, 0.15) is 39.5 Å². The molecule has 0 heterocycles. The Kier molecular flexibility index (Phi) is 7.68. The van der Waals surface area contributed by atoms with Crippen molar-refractivity contribution in [1.82, 2.24) is 4.90 Å². The molecule has 0 atom stereocenters. The Labute approximate surface area is 137 Å². The van der Waals surface area contributed by atoms with Crippen LogP contribution in [0, 0.1) is 0 Å². The first kappa shape index (κ1) is 18.8. The number of hydrogen-bond donors (Lipinski definition) is 1. The van der Waals surface area contributed by atoms with Crippen LogP contribution in [-0.2, 0) is 9.05 Å². The highest BCUT2D eigenvalue weighted by Crippen LogP contribution is 2.18. The molecule has 22 heavy (non-hydrogen) atoms. The maximum Gasteiger partial charge on any atom is 0.321 e. The fraction of sp³-hybridized carbons (Fsp3) is 0.533. The quantitative estimate of drug-likeness (QED) is 0.722. The SMILES string of the molecule is CCCCN(CCCC)C(=O)Nc1ccc(S(=O)(=O)Cl)cc1. The number of carbonyl (C=O) groups is 1. The molecule has 1 N–H and O–H groups in total. The molecule has 124 valence electrons. The third kappa shape index (κ3) is 6.23. The van der Waals surface area contributed by atoms with Gasteiger partial charge in [-0.1, -0.05) is 26.7 Å². The van der Waals surface area contributed by atoms with Crippen molar-refractivity contribution in [1.29, 1.82) is 0 Å². The fourth-order valence-corrected chi connectivity index (χ4v) is 2.69. The van der Waals surface area contributed by atoms with Gasteiger partial charge in [0.05, 0.1) is 4.90 Å². The normalized spacial score (nSPS) is 11.2. The number of hydrogen-bond acceptors (Lipinski definition) is 3. The number of urea groups is 1. The molecule has 0 aliphatic carbocycles. The average molecular weight is 347 g/mol. The standard InChI is InChI=1S/C15H23ClN2O3S/c1-3-5-11-18(12-6-4-2)15(19)17-13-7-9-14(10-8-13)22(16,20)21/h7-10H,3-6,11-12H2,1-2H3,(H,17,19). The Morgan fingerprint density at radius 3 is 2.00 bits per heavy atom. The summed E-state index contributed by atoms with van der Waals surface area (Å²) >= 11 is 0. The number of halogens is 1. The van der Waals surface area contributed by atoms with Crippen molar-refractivity contribution in [2.75, 3.05) is 18.4 Å². The predicted molar refractivity (Wildman–Crippen MR) is 89.9 cm³/mol. The number of nitrogens with one attached hydrogen (secondary N) is 1. The van der Waals surface area contributed by atoms with E-state index in [2.05, 4.69) is 19.2 Å². The van der Waals surface area contributed by atoms with E-state index in [0.29, 0.717) is 5.69 Å². The third-order valence-electron chi connectivity index (χ3n) is 3.24. The van der Waals surface area contributed by atoms with Gasteiger partial charge < -0.3 is 10.2 Å². The molecule has 0 fully saturated rings. The molecule has 1 rings (SSSR count). The van der Waals surface area contributed by atoms with Gasteiger partial charge >= 0.3 is 6.03 Å². The number of amides is 2. The summed E-state index contributed by atoms with van der Waals surface area (Å²) in [7, 11) is 1.52. The lowest BCUT2D eigenvalue weighted by molar-refractivity contribution is 0.210. The van der Waals surface area contributed by atoms with Crippen LogP contribution in [0.15, 0.2) is 29.2 Å². The topological polar surface area (TPSA) is 66.5 Å². The molecule has 7 heteroatoms. The van der Waals surface area contributed by atoms with Gasteiger partial charge in [0.2, 0.25) is 0 Å². The minimum atomic E-state index is -3.74. The van der Waals surface area contributed by atoms with E-state index >= 15 is 0 Å². The Bertz CT molecular complexity index is 565. The lowest BCUT2D eigenvalue weighted by atomic mass is 10.2. The smallest absolute Gasteiger partial charge is 0.321 e. The van der Waals surface area contributed by atoms with Gasteiger partial charge in [-0.25, -0.2) is 13.2 Å². The van der Waals surface area contributed by atoms with Crippen molar-refractivity contribution in [2.45, 2.75) is 44.4 Å². The van der Waals surface area contributed by atoms with Crippen LogP contribution in [0.4, 0.5) is 10.5 Å². The molecule has 0 saturated heterocycles. The summed E-state index contributed by atoms with van der Waals surface area (Å²) in [6.45, 7) is 5.61. The maximum absolute atomic E-state index is 12.3. The minimum Gasteiger partial charge on any atom is -0.325 e. The molecule has 0 saturated carbocycles. The lowest BCUT2D eigenvalue weighted by Crippen LogP contribution is -2.36. The van der Waals surface area contributed by atoms with E-state index < -0.39 is 9.05 Å². The molecule has 0 aliphatic heterocycles. The van der Waals surface area contributed by atoms with Crippen LogP contribution < -0.4 is 5.32 Å². The minimum absolute atomic E-state index is 0.0148. The van der Waals surface area contributed by atoms with E-state index in [-0.39, 0.29) is 10.9 Å². The van der Waals surface area contributed by atoms with Gasteiger partial charge in [0.1, 0.15) is 0 Å². The Balaban J connectivity index is 2.71. The van der Waals surface area contributed by atoms with Crippen molar-refractivity contribution in [3.8, 4) is 0 Å². The zero-order chi connectivity index (χ0) is 16.6. The fourth-order valence-electron chi connectivity index (χ4n) is 1.92. The molecular weight excluding hydrogens is 324 g/mol. The van der Waals surface area contributed by atoms with E-state index in [1.807, 2.05) is 0 Å². The molecule has 1 aromatic rings. The zero-order valence-electron chi connectivity index (χ0n) is 13.0. The summed E-state index contributed by atoms with van der Waals surface area (Å²) in [5.41, 5.74) is 0.548. The molecule has 1 aromatic carbocycles. The third-order valence-corrected chi connectivity index (χ3v) is 4.61. The molecule has 0 bridgehead atoms. The molecule has 0 spiro atoms. The first-order valence-corrected chi connectivity index (χ1v) is 9.80. The van der Waals surface area contributed by atoms with Gasteiger partial charge in [0, 0.05) is 29.5 Å². The molecule has 0 unspecified atom stereocenters. The Morgan fingerprint density at radius 2 is 1.59 bits per heavy atom. The second-order valence-corrected chi connectivity index (χ2v) is 7.65. The number of unbranched alkanes of at least 4 members (excludes halogenated alkanes) is 2. The molecule has 2 amide bonds. The number of anilines is 1. The zero-order valence-corrected chi connectivity index (χ0v) is 14.6. The highest BCUT2D eigenvalue weighted by atomic mass is 35.7. The summed E-state index contributed by atoms with van der Waals surface area (Å²) in [6, 6.07) is 5.65. The van der Waals surface area contributed by atoms with Crippen LogP contribution in [-0.4, -0.2) is 32.4 Å². The van der Waals surface area contributed by atoms with Crippen LogP contribution in [0.5, 0.6) is 0 Å². The van der Waals surface area contributed by atoms with Crippen molar-refractivity contribution >= 4 is 31.5 Å². The van der Waals surface area contributed by atoms with Gasteiger partial charge in [0.15, 0.2) is 0 Å². The van der Waals surface area contributed by atoms with E-state index in [1.165, 1.54) is 24.3 Å². The Morgan fingerprint density at radius 1 is 1.09 bits per heavy atom. The molecule has 0 aliphatic rings. The first-order valence-electron chi connectivity index (χ1n) is 7.49. The average Bonchev–Trinajstić information content (AvgIpc) is 2.47. The van der Waals surface area contributed by atoms with E-state index in [9.17, 15) is 13.2 Å². The summed E-state index contributed by atoms with van der Waals surface area (Å²) in [4.78, 5) is 14.1. The predicted octanol–water partition coefficient (Wildman–Crippen LogP) is 4.05. The monoisotopic (exact) mass is 346 g/mol. The second kappa shape index (κ2) is 9.00. The van der Waals surface area contributed by atoms with Crippen molar-refractivity contribution in [3.05, 3.63) is 24.3 Å². The first-order chi connectivity index (χ1) is 10.4. The van der Waals surface area contributed by atoms with E-state index in [0.717, 1.165) is 38.8 Å². The van der Waals surface area contributed by atoms with Gasteiger partial charge in [-0.3, -0.25) is 0 Å². The summed E-state index contributed by atoms with van der Waals surface area (Å²) in [5.74, 6) is 0. The van der Waals surface area contributed by atoms with E-state index in [4.69, 9.17) is 10.7 Å². The lowest BCUT2D eigenvalue weighted by Gasteiger charge is -2.22. The van der Waals surface area contributed by atoms with E-state index in [1.54, 1.807) is 4.90 Å². The maximum atomic E-state index is 12.3. The van der Waals surface area contributed by atoms with Crippen molar-refractivity contribution < 1.29 is 13.2 Å². The number of nitrogens with zero attached hydrogens (tertiary/aromatic N) is 1. The van der Waals surface area contributed by atoms with Crippen molar-refractivity contribution in [3.63, 3.8) is 0 Å². The molecule has 0 aromatic heterocycles. The molecule has 5 nitrogen and oxygen atoms in total. The van der Waals surface area contributed by atoms with Crippen molar-refractivity contribution in [2.24, 2.45) is 0 Å². The van der Waals surface area contributed by atoms with Crippen LogP contribution >= 0.6 is 10.7 Å². The Hall–Kier alpha value is -1.27. The summed E-state index contributed by atoms with van der Waals surface area (Å²) in [5, 5.41) is 2.79. The number of carbonyl (C=O) groups excluding carboxylic acids is 1. The highest BCUT2D eigenvalue weighted by Gasteiger charge is 2.14. The van der Waals surface area contributed by atoms with Crippen LogP contribution in [0.2, 0.25) is 0 Å². The van der Waals surface area contributed by atoms with Crippen LogP contribution in [0.25, 0.3) is 0 Å². The van der Waals surface area contributed by atoms with Gasteiger partial charge in [-0.05, 0) is 37.1 Å². The van der Waals surface area contributed by atoms with Gasteiger partial charge in [-0.15, -0.1) is 0 Å². The second-order valence-electron chi connectivity index (χ2n) is 5.09. The largest absolute Gasteiger partial charge is 0.325 e. The van der Waals surface area contributed by atoms with Gasteiger partial charge in [-0.2, -0.15) is 0 Å². The molecular formula is C15H23ClN2O3S. The van der Waals surface area contributed by atoms with Gasteiger partial charge in [0.25, 0.3) is 9.05 Å². The number of rotatable bonds is 8.